The predicted octanol–water partition coefficient (Wildman–Crippen LogP) is 2.63. The summed E-state index contributed by atoms with van der Waals surface area (Å²) in [6.45, 7) is 5.99. The molecule has 1 aliphatic rings. The standard InChI is InChI=1S/C15H20N2O3/c1-15(2,3)20-14(19)17-10-9-12(17)13(18)16-11-7-5-4-6-8-11/h4-8,12H,9-10H2,1-3H3,(H,16,18). The molecule has 1 atom stereocenters. The Hall–Kier alpha value is -2.04. The van der Waals surface area contributed by atoms with Crippen LogP contribution in [0.3, 0.4) is 0 Å². The van der Waals surface area contributed by atoms with E-state index in [1.54, 1.807) is 0 Å². The first-order valence-corrected chi connectivity index (χ1v) is 6.72. The fourth-order valence-electron chi connectivity index (χ4n) is 1.95. The van der Waals surface area contributed by atoms with Gasteiger partial charge >= 0.3 is 6.09 Å². The maximum Gasteiger partial charge on any atom is 0.410 e. The number of nitrogens with zero attached hydrogens (tertiary/aromatic N) is 1. The van der Waals surface area contributed by atoms with E-state index < -0.39 is 17.7 Å². The molecule has 0 bridgehead atoms. The van der Waals surface area contributed by atoms with Gasteiger partial charge in [-0.25, -0.2) is 4.79 Å². The molecule has 5 heteroatoms. The number of likely N-dealkylation sites (tertiary alicyclic amines) is 1. The van der Waals surface area contributed by atoms with Crippen molar-refractivity contribution >= 4 is 17.7 Å². The highest BCUT2D eigenvalue weighted by Gasteiger charge is 2.39. The molecule has 1 aromatic rings. The van der Waals surface area contributed by atoms with Crippen molar-refractivity contribution in [2.75, 3.05) is 11.9 Å². The molecule has 1 aliphatic heterocycles. The van der Waals surface area contributed by atoms with Gasteiger partial charge in [0.15, 0.2) is 0 Å². The minimum atomic E-state index is -0.548. The first kappa shape index (κ1) is 14.4. The van der Waals surface area contributed by atoms with Crippen LogP contribution in [0.2, 0.25) is 0 Å². The Morgan fingerprint density at radius 3 is 2.40 bits per heavy atom. The average Bonchev–Trinajstić information content (AvgIpc) is 2.25. The molecule has 2 rings (SSSR count). The molecule has 0 saturated carbocycles. The molecule has 2 amide bonds. The van der Waals surface area contributed by atoms with Gasteiger partial charge in [0.1, 0.15) is 11.6 Å². The van der Waals surface area contributed by atoms with Crippen molar-refractivity contribution in [3.8, 4) is 0 Å². The Kier molecular flexibility index (Phi) is 3.97. The molecule has 0 spiro atoms. The van der Waals surface area contributed by atoms with Crippen LogP contribution in [0.5, 0.6) is 0 Å². The van der Waals surface area contributed by atoms with Crippen molar-refractivity contribution < 1.29 is 14.3 Å². The highest BCUT2D eigenvalue weighted by atomic mass is 16.6. The van der Waals surface area contributed by atoms with Crippen molar-refractivity contribution in [1.29, 1.82) is 0 Å². The van der Waals surface area contributed by atoms with Gasteiger partial charge < -0.3 is 10.1 Å². The topological polar surface area (TPSA) is 58.6 Å². The van der Waals surface area contributed by atoms with Gasteiger partial charge in [0.25, 0.3) is 0 Å². The summed E-state index contributed by atoms with van der Waals surface area (Å²) in [5, 5.41) is 2.80. The number of hydrogen-bond acceptors (Lipinski definition) is 3. The lowest BCUT2D eigenvalue weighted by molar-refractivity contribution is -0.125. The molecule has 108 valence electrons. The number of carbonyl (C=O) groups excluding carboxylic acids is 2. The summed E-state index contributed by atoms with van der Waals surface area (Å²) in [7, 11) is 0. The molecule has 0 aliphatic carbocycles. The summed E-state index contributed by atoms with van der Waals surface area (Å²) in [5.74, 6) is -0.173. The molecule has 1 heterocycles. The van der Waals surface area contributed by atoms with Gasteiger partial charge in [-0.05, 0) is 39.3 Å². The molecule has 1 N–H and O–H groups in total. The van der Waals surface area contributed by atoms with Crippen molar-refractivity contribution in [3.05, 3.63) is 30.3 Å². The highest BCUT2D eigenvalue weighted by molar-refractivity contribution is 5.97. The highest BCUT2D eigenvalue weighted by Crippen LogP contribution is 2.22. The van der Waals surface area contributed by atoms with Crippen LogP contribution in [-0.4, -0.2) is 35.1 Å². The first-order chi connectivity index (χ1) is 9.37. The minimum absolute atomic E-state index is 0.173. The van der Waals surface area contributed by atoms with Crippen LogP contribution in [-0.2, 0) is 9.53 Å². The van der Waals surface area contributed by atoms with Gasteiger partial charge in [0, 0.05) is 12.2 Å². The molecule has 20 heavy (non-hydrogen) atoms. The van der Waals surface area contributed by atoms with Crippen molar-refractivity contribution in [1.82, 2.24) is 4.90 Å². The van der Waals surface area contributed by atoms with E-state index in [2.05, 4.69) is 5.32 Å². The van der Waals surface area contributed by atoms with Crippen LogP contribution < -0.4 is 5.32 Å². The number of nitrogens with one attached hydrogen (secondary N) is 1. The van der Waals surface area contributed by atoms with Gasteiger partial charge in [-0.1, -0.05) is 18.2 Å². The molecule has 1 aromatic carbocycles. The molecule has 5 nitrogen and oxygen atoms in total. The van der Waals surface area contributed by atoms with Gasteiger partial charge in [0.2, 0.25) is 5.91 Å². The summed E-state index contributed by atoms with van der Waals surface area (Å²) in [6.07, 6.45) is 0.231. The zero-order chi connectivity index (χ0) is 14.8. The molecular formula is C15H20N2O3. The van der Waals surface area contributed by atoms with E-state index in [9.17, 15) is 9.59 Å². The normalized spacial score (nSPS) is 18.1. The number of amides is 2. The summed E-state index contributed by atoms with van der Waals surface area (Å²) in [4.78, 5) is 25.5. The Bertz CT molecular complexity index is 494. The number of rotatable bonds is 2. The van der Waals surface area contributed by atoms with Crippen LogP contribution in [0.15, 0.2) is 30.3 Å². The zero-order valence-corrected chi connectivity index (χ0v) is 12.1. The second-order valence-electron chi connectivity index (χ2n) is 5.83. The fraction of sp³-hybridized carbons (Fsp3) is 0.467. The summed E-state index contributed by atoms with van der Waals surface area (Å²) in [6, 6.07) is 8.77. The summed E-state index contributed by atoms with van der Waals surface area (Å²) >= 11 is 0. The second kappa shape index (κ2) is 5.53. The van der Waals surface area contributed by atoms with Crippen molar-refractivity contribution in [2.45, 2.75) is 38.8 Å². The Balaban J connectivity index is 1.93. The van der Waals surface area contributed by atoms with Gasteiger partial charge in [-0.15, -0.1) is 0 Å². The third kappa shape index (κ3) is 3.50. The van der Waals surface area contributed by atoms with E-state index >= 15 is 0 Å². The van der Waals surface area contributed by atoms with Crippen LogP contribution in [0.4, 0.5) is 10.5 Å². The molecule has 1 fully saturated rings. The number of carbonyl (C=O) groups is 2. The van der Waals surface area contributed by atoms with Crippen LogP contribution in [0.1, 0.15) is 27.2 Å². The van der Waals surface area contributed by atoms with Gasteiger partial charge in [-0.2, -0.15) is 0 Å². The Morgan fingerprint density at radius 1 is 1.25 bits per heavy atom. The van der Waals surface area contributed by atoms with E-state index in [4.69, 9.17) is 4.74 Å². The second-order valence-corrected chi connectivity index (χ2v) is 5.83. The fourth-order valence-corrected chi connectivity index (χ4v) is 1.95. The van der Waals surface area contributed by atoms with Gasteiger partial charge in [0.05, 0.1) is 0 Å². The van der Waals surface area contributed by atoms with E-state index in [-0.39, 0.29) is 5.91 Å². The van der Waals surface area contributed by atoms with Crippen LogP contribution in [0.25, 0.3) is 0 Å². The molecule has 1 saturated heterocycles. The van der Waals surface area contributed by atoms with E-state index in [0.717, 1.165) is 5.69 Å². The monoisotopic (exact) mass is 276 g/mol. The number of benzene rings is 1. The van der Waals surface area contributed by atoms with Gasteiger partial charge in [-0.3, -0.25) is 9.69 Å². The smallest absolute Gasteiger partial charge is 0.410 e. The Labute approximate surface area is 118 Å². The van der Waals surface area contributed by atoms with Crippen LogP contribution >= 0.6 is 0 Å². The lowest BCUT2D eigenvalue weighted by Crippen LogP contribution is -2.57. The van der Waals surface area contributed by atoms with E-state index in [1.165, 1.54) is 4.90 Å². The third-order valence-electron chi connectivity index (χ3n) is 2.99. The molecule has 0 radical (unpaired) electrons. The average molecular weight is 276 g/mol. The minimum Gasteiger partial charge on any atom is -0.444 e. The summed E-state index contributed by atoms with van der Waals surface area (Å²) in [5.41, 5.74) is 0.182. The number of anilines is 1. The summed E-state index contributed by atoms with van der Waals surface area (Å²) < 4.78 is 5.28. The lowest BCUT2D eigenvalue weighted by atomic mass is 10.0. The van der Waals surface area contributed by atoms with E-state index in [0.29, 0.717) is 13.0 Å². The van der Waals surface area contributed by atoms with Crippen molar-refractivity contribution in [3.63, 3.8) is 0 Å². The maximum absolute atomic E-state index is 12.1. The SMILES string of the molecule is CC(C)(C)OC(=O)N1CCC1C(=O)Nc1ccccc1. The number of hydrogen-bond donors (Lipinski definition) is 1. The van der Waals surface area contributed by atoms with Crippen molar-refractivity contribution in [2.24, 2.45) is 0 Å². The first-order valence-electron chi connectivity index (χ1n) is 6.72. The number of para-hydroxylation sites is 1. The molecule has 0 aromatic heterocycles. The number of ether oxygens (including phenoxy) is 1. The largest absolute Gasteiger partial charge is 0.444 e. The zero-order valence-electron chi connectivity index (χ0n) is 12.1. The maximum atomic E-state index is 12.1. The molecular weight excluding hydrogens is 256 g/mol. The van der Waals surface area contributed by atoms with E-state index in [1.807, 2.05) is 51.1 Å². The quantitative estimate of drug-likeness (QED) is 0.903. The predicted molar refractivity (Wildman–Crippen MR) is 76.4 cm³/mol. The van der Waals surface area contributed by atoms with Crippen LogP contribution in [0, 0.1) is 0 Å². The Morgan fingerprint density at radius 2 is 1.90 bits per heavy atom. The lowest BCUT2D eigenvalue weighted by Gasteiger charge is -2.40. The third-order valence-corrected chi connectivity index (χ3v) is 2.99. The molecule has 1 unspecified atom stereocenters.